The van der Waals surface area contributed by atoms with E-state index in [-0.39, 0.29) is 11.6 Å². The topological polar surface area (TPSA) is 55.6 Å². The van der Waals surface area contributed by atoms with E-state index in [1.54, 1.807) is 0 Å². The number of nitrogens with two attached hydrogens (primary N) is 1. The number of carbonyl (C=O) groups is 1. The molecule has 3 aliphatic rings. The van der Waals surface area contributed by atoms with Gasteiger partial charge >= 0.3 is 6.09 Å². The average Bonchev–Trinajstić information content (AvgIpc) is 2.96. The lowest BCUT2D eigenvalue weighted by Crippen LogP contribution is -2.58. The number of carbonyl (C=O) groups excluding carboxylic acids is 1. The lowest BCUT2D eigenvalue weighted by molar-refractivity contribution is -0.0189. The molecule has 3 fully saturated rings. The SMILES string of the molecule is CC(C)(C)OC(=O)N1CC(C2(C3(N)CC3)CC2)C1. The highest BCUT2D eigenvalue weighted by Crippen LogP contribution is 2.68. The minimum Gasteiger partial charge on any atom is -0.444 e. The van der Waals surface area contributed by atoms with Gasteiger partial charge in [-0.3, -0.25) is 0 Å². The Labute approximate surface area is 109 Å². The van der Waals surface area contributed by atoms with E-state index in [1.807, 2.05) is 25.7 Å². The molecule has 2 saturated carbocycles. The molecule has 2 aliphatic carbocycles. The van der Waals surface area contributed by atoms with Crippen molar-refractivity contribution in [2.24, 2.45) is 17.1 Å². The molecule has 2 N–H and O–H groups in total. The summed E-state index contributed by atoms with van der Waals surface area (Å²) in [5, 5.41) is 0. The van der Waals surface area contributed by atoms with E-state index in [2.05, 4.69) is 0 Å². The van der Waals surface area contributed by atoms with Crippen LogP contribution in [0.5, 0.6) is 0 Å². The van der Waals surface area contributed by atoms with Gasteiger partial charge in [-0.15, -0.1) is 0 Å². The van der Waals surface area contributed by atoms with Crippen LogP contribution < -0.4 is 5.73 Å². The number of amides is 1. The molecule has 4 nitrogen and oxygen atoms in total. The molecule has 4 heteroatoms. The van der Waals surface area contributed by atoms with Crippen molar-refractivity contribution in [2.75, 3.05) is 13.1 Å². The number of hydrogen-bond donors (Lipinski definition) is 1. The van der Waals surface area contributed by atoms with Crippen LogP contribution in [0.25, 0.3) is 0 Å². The molecular formula is C14H24N2O2. The summed E-state index contributed by atoms with van der Waals surface area (Å²) in [6.45, 7) is 7.40. The molecule has 102 valence electrons. The van der Waals surface area contributed by atoms with Gasteiger partial charge in [0, 0.05) is 24.5 Å². The smallest absolute Gasteiger partial charge is 0.410 e. The fourth-order valence-electron chi connectivity index (χ4n) is 3.38. The molecular weight excluding hydrogens is 228 g/mol. The van der Waals surface area contributed by atoms with Crippen molar-refractivity contribution in [3.05, 3.63) is 0 Å². The first-order valence-corrected chi connectivity index (χ1v) is 7.03. The molecule has 0 radical (unpaired) electrons. The van der Waals surface area contributed by atoms with Crippen LogP contribution in [-0.4, -0.2) is 35.2 Å². The van der Waals surface area contributed by atoms with Crippen LogP contribution in [0.2, 0.25) is 0 Å². The third-order valence-electron chi connectivity index (χ3n) is 4.88. The molecule has 1 heterocycles. The molecule has 0 spiro atoms. The number of likely N-dealkylation sites (tertiary alicyclic amines) is 1. The number of rotatable bonds is 2. The quantitative estimate of drug-likeness (QED) is 0.819. The summed E-state index contributed by atoms with van der Waals surface area (Å²) < 4.78 is 5.38. The Morgan fingerprint density at radius 3 is 2.17 bits per heavy atom. The second-order valence-corrected chi connectivity index (χ2v) is 7.39. The van der Waals surface area contributed by atoms with Crippen LogP contribution in [0, 0.1) is 11.3 Å². The van der Waals surface area contributed by atoms with Crippen molar-refractivity contribution in [1.82, 2.24) is 4.90 Å². The normalized spacial score (nSPS) is 28.6. The molecule has 1 saturated heterocycles. The second-order valence-electron chi connectivity index (χ2n) is 7.39. The first kappa shape index (κ1) is 12.3. The zero-order valence-corrected chi connectivity index (χ0v) is 11.7. The molecule has 0 unspecified atom stereocenters. The van der Waals surface area contributed by atoms with Crippen LogP contribution in [-0.2, 0) is 4.74 Å². The lowest BCUT2D eigenvalue weighted by atomic mass is 9.76. The summed E-state index contributed by atoms with van der Waals surface area (Å²) in [6, 6.07) is 0. The van der Waals surface area contributed by atoms with Crippen LogP contribution >= 0.6 is 0 Å². The van der Waals surface area contributed by atoms with Gasteiger partial charge in [-0.2, -0.15) is 0 Å². The van der Waals surface area contributed by atoms with E-state index in [4.69, 9.17) is 10.5 Å². The Kier molecular flexibility index (Phi) is 2.32. The molecule has 0 bridgehead atoms. The van der Waals surface area contributed by atoms with E-state index >= 15 is 0 Å². The van der Waals surface area contributed by atoms with Gasteiger partial charge in [0.05, 0.1) is 0 Å². The predicted octanol–water partition coefficient (Wildman–Crippen LogP) is 2.12. The largest absolute Gasteiger partial charge is 0.444 e. The zero-order valence-electron chi connectivity index (χ0n) is 11.7. The third-order valence-corrected chi connectivity index (χ3v) is 4.88. The van der Waals surface area contributed by atoms with Crippen LogP contribution in [0.15, 0.2) is 0 Å². The predicted molar refractivity (Wildman–Crippen MR) is 69.1 cm³/mol. The van der Waals surface area contributed by atoms with Crippen LogP contribution in [0.4, 0.5) is 4.79 Å². The Morgan fingerprint density at radius 2 is 1.78 bits per heavy atom. The summed E-state index contributed by atoms with van der Waals surface area (Å²) in [5.74, 6) is 0.609. The first-order valence-electron chi connectivity index (χ1n) is 7.03. The van der Waals surface area contributed by atoms with E-state index in [1.165, 1.54) is 25.7 Å². The Balaban J connectivity index is 1.53. The number of ether oxygens (including phenoxy) is 1. The average molecular weight is 252 g/mol. The van der Waals surface area contributed by atoms with E-state index in [9.17, 15) is 4.79 Å². The lowest BCUT2D eigenvalue weighted by Gasteiger charge is -2.46. The molecule has 0 aromatic heterocycles. The van der Waals surface area contributed by atoms with Crippen LogP contribution in [0.1, 0.15) is 46.5 Å². The third kappa shape index (κ3) is 1.81. The second kappa shape index (κ2) is 3.41. The summed E-state index contributed by atoms with van der Waals surface area (Å²) >= 11 is 0. The van der Waals surface area contributed by atoms with Crippen molar-refractivity contribution in [2.45, 2.75) is 57.6 Å². The summed E-state index contributed by atoms with van der Waals surface area (Å²) in [4.78, 5) is 13.7. The van der Waals surface area contributed by atoms with Crippen LogP contribution in [0.3, 0.4) is 0 Å². The highest BCUT2D eigenvalue weighted by atomic mass is 16.6. The van der Waals surface area contributed by atoms with Gasteiger partial charge in [-0.05, 0) is 51.9 Å². The molecule has 3 rings (SSSR count). The van der Waals surface area contributed by atoms with Crippen molar-refractivity contribution in [3.8, 4) is 0 Å². The van der Waals surface area contributed by atoms with Gasteiger partial charge in [-0.25, -0.2) is 4.79 Å². The highest BCUT2D eigenvalue weighted by molar-refractivity contribution is 5.69. The number of hydrogen-bond acceptors (Lipinski definition) is 3. The fraction of sp³-hybridized carbons (Fsp3) is 0.929. The minimum absolute atomic E-state index is 0.109. The molecule has 0 atom stereocenters. The van der Waals surface area contributed by atoms with Gasteiger partial charge in [-0.1, -0.05) is 0 Å². The Bertz CT molecular complexity index is 372. The van der Waals surface area contributed by atoms with Gasteiger partial charge in [0.25, 0.3) is 0 Å². The molecule has 1 aliphatic heterocycles. The summed E-state index contributed by atoms with van der Waals surface area (Å²) in [6.07, 6.45) is 4.70. The van der Waals surface area contributed by atoms with Gasteiger partial charge in [0.1, 0.15) is 5.60 Å². The van der Waals surface area contributed by atoms with Gasteiger partial charge in [0.2, 0.25) is 0 Å². The number of nitrogens with zero attached hydrogens (tertiary/aromatic N) is 1. The Morgan fingerprint density at radius 1 is 1.22 bits per heavy atom. The Hall–Kier alpha value is -0.770. The molecule has 0 aromatic carbocycles. The monoisotopic (exact) mass is 252 g/mol. The summed E-state index contributed by atoms with van der Waals surface area (Å²) in [7, 11) is 0. The first-order chi connectivity index (χ1) is 8.26. The van der Waals surface area contributed by atoms with E-state index < -0.39 is 5.60 Å². The maximum absolute atomic E-state index is 11.9. The standard InChI is InChI=1S/C14H24N2O2/c1-12(2,3)18-11(17)16-8-10(9-16)13(4-5-13)14(15)6-7-14/h10H,4-9,15H2,1-3H3. The van der Waals surface area contributed by atoms with Crippen molar-refractivity contribution in [3.63, 3.8) is 0 Å². The maximum atomic E-state index is 11.9. The molecule has 18 heavy (non-hydrogen) atoms. The maximum Gasteiger partial charge on any atom is 0.410 e. The minimum atomic E-state index is -0.398. The highest BCUT2D eigenvalue weighted by Gasteiger charge is 2.68. The fourth-order valence-corrected chi connectivity index (χ4v) is 3.38. The zero-order chi connectivity index (χ0) is 13.2. The van der Waals surface area contributed by atoms with E-state index in [0.717, 1.165) is 13.1 Å². The van der Waals surface area contributed by atoms with E-state index in [0.29, 0.717) is 11.3 Å². The van der Waals surface area contributed by atoms with Gasteiger partial charge in [0.15, 0.2) is 0 Å². The van der Waals surface area contributed by atoms with Crippen molar-refractivity contribution >= 4 is 6.09 Å². The van der Waals surface area contributed by atoms with Gasteiger partial charge < -0.3 is 15.4 Å². The van der Waals surface area contributed by atoms with Crippen molar-refractivity contribution < 1.29 is 9.53 Å². The molecule has 1 amide bonds. The molecule has 0 aromatic rings. The summed E-state index contributed by atoms with van der Waals surface area (Å²) in [5.41, 5.74) is 6.46. The van der Waals surface area contributed by atoms with Crippen molar-refractivity contribution in [1.29, 1.82) is 0 Å².